The number of aliphatic hydroxyl groups excluding tert-OH is 1. The fraction of sp³-hybridized carbons (Fsp3) is 0.385. The van der Waals surface area contributed by atoms with Gasteiger partial charge in [-0.3, -0.25) is 0 Å². The minimum absolute atomic E-state index is 0.302. The number of hydrogen-bond donors (Lipinski definition) is 1. The maximum Gasteiger partial charge on any atom is 0.137 e. The van der Waals surface area contributed by atoms with Crippen molar-refractivity contribution in [2.75, 3.05) is 0 Å². The lowest BCUT2D eigenvalue weighted by molar-refractivity contribution is 0.181. The Morgan fingerprint density at radius 2 is 2.26 bits per heavy atom. The third-order valence-electron chi connectivity index (χ3n) is 2.79. The molecule has 19 heavy (non-hydrogen) atoms. The van der Waals surface area contributed by atoms with Gasteiger partial charge in [-0.2, -0.15) is 0 Å². The van der Waals surface area contributed by atoms with E-state index in [1.165, 1.54) is 17.6 Å². The summed E-state index contributed by atoms with van der Waals surface area (Å²) in [5.74, 6) is -0.302. The van der Waals surface area contributed by atoms with Gasteiger partial charge in [0.25, 0.3) is 0 Å². The molecule has 0 fully saturated rings. The topological polar surface area (TPSA) is 46.0 Å². The zero-order chi connectivity index (χ0) is 13.8. The highest BCUT2D eigenvalue weighted by atomic mass is 79.9. The van der Waals surface area contributed by atoms with Crippen molar-refractivity contribution in [1.29, 1.82) is 0 Å². The van der Waals surface area contributed by atoms with E-state index >= 15 is 0 Å². The van der Waals surface area contributed by atoms with Crippen molar-refractivity contribution in [2.45, 2.75) is 32.3 Å². The molecule has 0 saturated carbocycles. The molecular formula is C13H14BrFN2OS. The smallest absolute Gasteiger partial charge is 0.137 e. The van der Waals surface area contributed by atoms with Crippen molar-refractivity contribution in [3.05, 3.63) is 44.6 Å². The van der Waals surface area contributed by atoms with Gasteiger partial charge in [0, 0.05) is 6.42 Å². The van der Waals surface area contributed by atoms with Crippen molar-refractivity contribution in [1.82, 2.24) is 9.59 Å². The fourth-order valence-electron chi connectivity index (χ4n) is 1.86. The Morgan fingerprint density at radius 1 is 1.47 bits per heavy atom. The predicted octanol–water partition coefficient (Wildman–Crippen LogP) is 3.67. The summed E-state index contributed by atoms with van der Waals surface area (Å²) in [6, 6.07) is 4.76. The SMILES string of the molecule is CCCc1nnsc1C(O)Cc1ccc(F)c(Br)c1. The molecular weight excluding hydrogens is 331 g/mol. The number of benzene rings is 1. The average Bonchev–Trinajstić information content (AvgIpc) is 2.83. The molecule has 0 aliphatic rings. The summed E-state index contributed by atoms with van der Waals surface area (Å²) in [5, 5.41) is 14.3. The highest BCUT2D eigenvalue weighted by Crippen LogP contribution is 2.26. The van der Waals surface area contributed by atoms with Crippen LogP contribution in [0, 0.1) is 5.82 Å². The lowest BCUT2D eigenvalue weighted by Gasteiger charge is -2.10. The van der Waals surface area contributed by atoms with Crippen LogP contribution in [0.3, 0.4) is 0 Å². The van der Waals surface area contributed by atoms with Crippen LogP contribution in [0.2, 0.25) is 0 Å². The molecule has 1 aromatic heterocycles. The van der Waals surface area contributed by atoms with Crippen LogP contribution in [0.1, 0.15) is 35.6 Å². The molecule has 0 bridgehead atoms. The number of nitrogens with zero attached hydrogens (tertiary/aromatic N) is 2. The maximum absolute atomic E-state index is 13.1. The third-order valence-corrected chi connectivity index (χ3v) is 4.26. The molecule has 0 saturated heterocycles. The molecule has 1 aromatic carbocycles. The molecule has 1 unspecified atom stereocenters. The number of hydrogen-bond acceptors (Lipinski definition) is 4. The van der Waals surface area contributed by atoms with E-state index in [0.29, 0.717) is 10.9 Å². The van der Waals surface area contributed by atoms with Crippen molar-refractivity contribution in [3.63, 3.8) is 0 Å². The van der Waals surface area contributed by atoms with E-state index in [2.05, 4.69) is 32.4 Å². The molecule has 0 aliphatic carbocycles. The molecule has 1 atom stereocenters. The summed E-state index contributed by atoms with van der Waals surface area (Å²) in [4.78, 5) is 0.808. The highest BCUT2D eigenvalue weighted by molar-refractivity contribution is 9.10. The van der Waals surface area contributed by atoms with Crippen LogP contribution in [0.4, 0.5) is 4.39 Å². The van der Waals surface area contributed by atoms with Crippen LogP contribution in [-0.4, -0.2) is 14.7 Å². The Kier molecular flexibility index (Phi) is 5.01. The lowest BCUT2D eigenvalue weighted by atomic mass is 10.0. The highest BCUT2D eigenvalue weighted by Gasteiger charge is 2.17. The molecule has 2 rings (SSSR count). The first-order chi connectivity index (χ1) is 9.11. The first-order valence-corrected chi connectivity index (χ1v) is 7.61. The molecule has 0 spiro atoms. The minimum atomic E-state index is -0.640. The summed E-state index contributed by atoms with van der Waals surface area (Å²) in [7, 11) is 0. The molecule has 102 valence electrons. The van der Waals surface area contributed by atoms with E-state index in [9.17, 15) is 9.50 Å². The Balaban J connectivity index is 2.13. The van der Waals surface area contributed by atoms with Gasteiger partial charge in [-0.1, -0.05) is 23.9 Å². The number of aromatic nitrogens is 2. The summed E-state index contributed by atoms with van der Waals surface area (Å²) in [5.41, 5.74) is 1.73. The fourth-order valence-corrected chi connectivity index (χ4v) is 2.97. The van der Waals surface area contributed by atoms with Gasteiger partial charge in [-0.25, -0.2) is 4.39 Å². The van der Waals surface area contributed by atoms with Crippen LogP contribution in [0.25, 0.3) is 0 Å². The molecule has 1 N–H and O–H groups in total. The first-order valence-electron chi connectivity index (χ1n) is 6.05. The lowest BCUT2D eigenvalue weighted by Crippen LogP contribution is -2.03. The number of rotatable bonds is 5. The maximum atomic E-state index is 13.1. The first kappa shape index (κ1) is 14.6. The van der Waals surface area contributed by atoms with E-state index in [-0.39, 0.29) is 5.82 Å². The number of aryl methyl sites for hydroxylation is 1. The van der Waals surface area contributed by atoms with Gasteiger partial charge in [-0.15, -0.1) is 5.10 Å². The summed E-state index contributed by atoms with van der Waals surface area (Å²) < 4.78 is 17.5. The minimum Gasteiger partial charge on any atom is -0.387 e. The van der Waals surface area contributed by atoms with Crippen molar-refractivity contribution in [3.8, 4) is 0 Å². The summed E-state index contributed by atoms with van der Waals surface area (Å²) in [6.07, 6.45) is 1.57. The second-order valence-electron chi connectivity index (χ2n) is 4.30. The van der Waals surface area contributed by atoms with Gasteiger partial charge in [-0.05, 0) is 51.6 Å². The Hall–Kier alpha value is -0.850. The van der Waals surface area contributed by atoms with Crippen LogP contribution in [0.5, 0.6) is 0 Å². The number of aliphatic hydroxyl groups is 1. The van der Waals surface area contributed by atoms with E-state index in [1.54, 1.807) is 12.1 Å². The predicted molar refractivity (Wildman–Crippen MR) is 76.7 cm³/mol. The van der Waals surface area contributed by atoms with Gasteiger partial charge in [0.05, 0.1) is 21.1 Å². The summed E-state index contributed by atoms with van der Waals surface area (Å²) in [6.45, 7) is 2.06. The molecule has 0 amide bonds. The molecule has 1 heterocycles. The molecule has 0 aliphatic heterocycles. The van der Waals surface area contributed by atoms with Gasteiger partial charge in [0.15, 0.2) is 0 Å². The zero-order valence-electron chi connectivity index (χ0n) is 10.4. The zero-order valence-corrected chi connectivity index (χ0v) is 12.8. The average molecular weight is 345 g/mol. The van der Waals surface area contributed by atoms with Gasteiger partial charge in [0.2, 0.25) is 0 Å². The Bertz CT molecular complexity index is 561. The van der Waals surface area contributed by atoms with Gasteiger partial charge in [0.1, 0.15) is 5.82 Å². The monoisotopic (exact) mass is 344 g/mol. The van der Waals surface area contributed by atoms with E-state index < -0.39 is 6.10 Å². The Morgan fingerprint density at radius 3 is 2.95 bits per heavy atom. The van der Waals surface area contributed by atoms with E-state index in [0.717, 1.165) is 29.0 Å². The molecule has 0 radical (unpaired) electrons. The summed E-state index contributed by atoms with van der Waals surface area (Å²) >= 11 is 4.37. The largest absolute Gasteiger partial charge is 0.387 e. The van der Waals surface area contributed by atoms with Gasteiger partial charge < -0.3 is 5.11 Å². The second-order valence-corrected chi connectivity index (χ2v) is 5.94. The van der Waals surface area contributed by atoms with Crippen molar-refractivity contribution in [2.24, 2.45) is 0 Å². The number of halogens is 2. The van der Waals surface area contributed by atoms with Crippen molar-refractivity contribution < 1.29 is 9.50 Å². The van der Waals surface area contributed by atoms with Gasteiger partial charge >= 0.3 is 0 Å². The second kappa shape index (κ2) is 6.54. The third kappa shape index (κ3) is 3.58. The quantitative estimate of drug-likeness (QED) is 0.899. The normalized spacial score (nSPS) is 12.6. The molecule has 3 nitrogen and oxygen atoms in total. The van der Waals surface area contributed by atoms with E-state index in [1.807, 2.05) is 0 Å². The van der Waals surface area contributed by atoms with Crippen LogP contribution < -0.4 is 0 Å². The van der Waals surface area contributed by atoms with E-state index in [4.69, 9.17) is 0 Å². The van der Waals surface area contributed by atoms with Crippen LogP contribution >= 0.6 is 27.5 Å². The van der Waals surface area contributed by atoms with Crippen LogP contribution in [-0.2, 0) is 12.8 Å². The Labute approximate surface area is 123 Å². The standard InChI is InChI=1S/C13H14BrFN2OS/c1-2-3-11-13(19-17-16-11)12(18)7-8-4-5-10(15)9(14)6-8/h4-6,12,18H,2-3,7H2,1H3. The van der Waals surface area contributed by atoms with Crippen molar-refractivity contribution >= 4 is 27.5 Å². The molecule has 2 aromatic rings. The van der Waals surface area contributed by atoms with Crippen LogP contribution in [0.15, 0.2) is 22.7 Å². The molecule has 6 heteroatoms.